The highest BCUT2D eigenvalue weighted by molar-refractivity contribution is 9.10. The SMILES string of the molecule is CC[N+](O)(CC)CCNC(=O)c1cc(Br)c(N)cc1OC. The summed E-state index contributed by atoms with van der Waals surface area (Å²) in [5, 5.41) is 12.9. The Morgan fingerprint density at radius 2 is 2.05 bits per heavy atom. The van der Waals surface area contributed by atoms with Gasteiger partial charge in [0.1, 0.15) is 25.4 Å². The smallest absolute Gasteiger partial charge is 0.255 e. The Hall–Kier alpha value is -1.31. The predicted octanol–water partition coefficient (Wildman–Crippen LogP) is 2.02. The number of anilines is 1. The van der Waals surface area contributed by atoms with Crippen LogP contribution in [0.3, 0.4) is 0 Å². The van der Waals surface area contributed by atoms with E-state index in [0.717, 1.165) is 0 Å². The molecule has 0 bridgehead atoms. The lowest BCUT2D eigenvalue weighted by molar-refractivity contribution is -1.10. The van der Waals surface area contributed by atoms with Gasteiger partial charge in [0.25, 0.3) is 5.91 Å². The second kappa shape index (κ2) is 7.63. The van der Waals surface area contributed by atoms with E-state index in [1.54, 1.807) is 12.1 Å². The molecule has 1 aromatic rings. The number of carbonyl (C=O) groups excluding carboxylic acids is 1. The molecule has 0 atom stereocenters. The molecule has 0 saturated carbocycles. The molecule has 0 fully saturated rings. The van der Waals surface area contributed by atoms with Crippen molar-refractivity contribution in [3.8, 4) is 5.75 Å². The first kappa shape index (κ1) is 17.7. The molecule has 0 aliphatic rings. The number of nitrogens with two attached hydrogens (primary N) is 1. The summed E-state index contributed by atoms with van der Waals surface area (Å²) in [6.45, 7) is 5.85. The Morgan fingerprint density at radius 1 is 1.43 bits per heavy atom. The lowest BCUT2D eigenvalue weighted by Gasteiger charge is -2.27. The van der Waals surface area contributed by atoms with Crippen molar-refractivity contribution in [2.45, 2.75) is 13.8 Å². The molecular weight excluding hydrogens is 338 g/mol. The van der Waals surface area contributed by atoms with Crippen LogP contribution in [0.15, 0.2) is 16.6 Å². The normalized spacial score (nSPS) is 11.3. The molecule has 7 heteroatoms. The summed E-state index contributed by atoms with van der Waals surface area (Å²) in [6.07, 6.45) is 0. The first-order chi connectivity index (χ1) is 9.86. The molecule has 6 nitrogen and oxygen atoms in total. The molecule has 0 heterocycles. The van der Waals surface area contributed by atoms with Crippen molar-refractivity contribution >= 4 is 27.5 Å². The molecule has 0 aliphatic carbocycles. The highest BCUT2D eigenvalue weighted by atomic mass is 79.9. The minimum absolute atomic E-state index is 0.0666. The molecule has 0 saturated heterocycles. The number of likely N-dealkylation sites (N-methyl/N-ethyl adjacent to an activating group) is 1. The third kappa shape index (κ3) is 4.59. The standard InChI is InChI=1S/C14H22BrN3O3/c1-4-18(20,5-2)7-6-17-14(19)10-8-11(15)12(16)9-13(10)21-3/h8-9,20H,4-7H2,1-3H3,(H2-,16,17,19)/p+1. The maximum atomic E-state index is 12.2. The molecule has 0 unspecified atom stereocenters. The van der Waals surface area contributed by atoms with Crippen molar-refractivity contribution in [2.24, 2.45) is 0 Å². The monoisotopic (exact) mass is 360 g/mol. The number of hydrogen-bond donors (Lipinski definition) is 3. The first-order valence-corrected chi connectivity index (χ1v) is 7.66. The summed E-state index contributed by atoms with van der Waals surface area (Å²) in [5.74, 6) is 0.162. The number of benzene rings is 1. The van der Waals surface area contributed by atoms with E-state index in [-0.39, 0.29) is 10.6 Å². The number of carbonyl (C=O) groups is 1. The van der Waals surface area contributed by atoms with Crippen LogP contribution >= 0.6 is 15.9 Å². The van der Waals surface area contributed by atoms with E-state index in [4.69, 9.17) is 10.5 Å². The average Bonchev–Trinajstić information content (AvgIpc) is 2.49. The van der Waals surface area contributed by atoms with Crippen molar-refractivity contribution in [2.75, 3.05) is 39.0 Å². The van der Waals surface area contributed by atoms with Crippen LogP contribution in [0.1, 0.15) is 24.2 Å². The van der Waals surface area contributed by atoms with Crippen LogP contribution in [0.5, 0.6) is 5.75 Å². The third-order valence-corrected chi connectivity index (χ3v) is 4.24. The minimum Gasteiger partial charge on any atom is -0.496 e. The number of amides is 1. The molecule has 1 rings (SSSR count). The number of quaternary nitrogens is 1. The largest absolute Gasteiger partial charge is 0.496 e. The van der Waals surface area contributed by atoms with Crippen LogP contribution < -0.4 is 15.8 Å². The molecule has 0 radical (unpaired) electrons. The first-order valence-electron chi connectivity index (χ1n) is 6.87. The number of rotatable bonds is 7. The Kier molecular flexibility index (Phi) is 6.44. The topological polar surface area (TPSA) is 84.6 Å². The van der Waals surface area contributed by atoms with E-state index in [1.807, 2.05) is 13.8 Å². The Bertz CT molecular complexity index is 504. The third-order valence-electron chi connectivity index (χ3n) is 3.55. The summed E-state index contributed by atoms with van der Waals surface area (Å²) in [4.78, 5) is 12.2. The summed E-state index contributed by atoms with van der Waals surface area (Å²) >= 11 is 3.30. The zero-order valence-electron chi connectivity index (χ0n) is 12.6. The van der Waals surface area contributed by atoms with Crippen molar-refractivity contribution in [1.29, 1.82) is 0 Å². The molecule has 118 valence electrons. The fourth-order valence-corrected chi connectivity index (χ4v) is 2.27. The van der Waals surface area contributed by atoms with Gasteiger partial charge in [-0.2, -0.15) is 4.65 Å². The average molecular weight is 361 g/mol. The Morgan fingerprint density at radius 3 is 2.57 bits per heavy atom. The summed E-state index contributed by atoms with van der Waals surface area (Å²) < 4.78 is 5.75. The van der Waals surface area contributed by atoms with Gasteiger partial charge in [-0.05, 0) is 35.8 Å². The van der Waals surface area contributed by atoms with Gasteiger partial charge in [0.2, 0.25) is 0 Å². The number of hydrogen-bond acceptors (Lipinski definition) is 4. The quantitative estimate of drug-likeness (QED) is 0.394. The molecule has 0 spiro atoms. The number of nitrogen functional groups attached to an aromatic ring is 1. The predicted molar refractivity (Wildman–Crippen MR) is 85.4 cm³/mol. The molecule has 4 N–H and O–H groups in total. The maximum Gasteiger partial charge on any atom is 0.255 e. The lowest BCUT2D eigenvalue weighted by atomic mass is 10.1. The van der Waals surface area contributed by atoms with Crippen molar-refractivity contribution in [3.63, 3.8) is 0 Å². The van der Waals surface area contributed by atoms with E-state index in [2.05, 4.69) is 21.2 Å². The van der Waals surface area contributed by atoms with Gasteiger partial charge in [0, 0.05) is 16.2 Å². The Balaban J connectivity index is 2.74. The van der Waals surface area contributed by atoms with Crippen molar-refractivity contribution in [3.05, 3.63) is 22.2 Å². The van der Waals surface area contributed by atoms with Crippen LogP contribution in [0.4, 0.5) is 5.69 Å². The number of ether oxygens (including phenoxy) is 1. The minimum atomic E-state index is -0.258. The van der Waals surface area contributed by atoms with Gasteiger partial charge in [0.05, 0.1) is 19.2 Å². The van der Waals surface area contributed by atoms with Crippen molar-refractivity contribution < 1.29 is 19.4 Å². The second-order valence-corrected chi connectivity index (χ2v) is 5.64. The number of nitrogens with one attached hydrogen (secondary N) is 1. The summed E-state index contributed by atoms with van der Waals surface area (Å²) in [7, 11) is 1.49. The van der Waals surface area contributed by atoms with E-state index in [9.17, 15) is 10.0 Å². The molecule has 0 aliphatic heterocycles. The number of methoxy groups -OCH3 is 1. The zero-order chi connectivity index (χ0) is 16.0. The van der Waals surface area contributed by atoms with Gasteiger partial charge in [-0.25, -0.2) is 5.21 Å². The molecule has 0 aromatic heterocycles. The fraction of sp³-hybridized carbons (Fsp3) is 0.500. The maximum absolute atomic E-state index is 12.2. The number of nitrogens with zero attached hydrogens (tertiary/aromatic N) is 1. The van der Waals surface area contributed by atoms with Gasteiger partial charge < -0.3 is 15.8 Å². The number of halogens is 1. The zero-order valence-corrected chi connectivity index (χ0v) is 14.2. The van der Waals surface area contributed by atoms with E-state index < -0.39 is 0 Å². The second-order valence-electron chi connectivity index (χ2n) is 4.78. The van der Waals surface area contributed by atoms with Crippen LogP contribution in [0.25, 0.3) is 0 Å². The molecule has 1 amide bonds. The van der Waals surface area contributed by atoms with Crippen LogP contribution in [-0.2, 0) is 0 Å². The van der Waals surface area contributed by atoms with Crippen LogP contribution in [0.2, 0.25) is 0 Å². The van der Waals surface area contributed by atoms with Gasteiger partial charge >= 0.3 is 0 Å². The van der Waals surface area contributed by atoms with Gasteiger partial charge in [-0.15, -0.1) is 0 Å². The lowest BCUT2D eigenvalue weighted by Crippen LogP contribution is -2.48. The van der Waals surface area contributed by atoms with Crippen LogP contribution in [0, 0.1) is 0 Å². The van der Waals surface area contributed by atoms with E-state index in [0.29, 0.717) is 47.7 Å². The van der Waals surface area contributed by atoms with Gasteiger partial charge in [0.15, 0.2) is 0 Å². The molecular formula is C14H23BrN3O3+. The molecule has 1 aromatic carbocycles. The van der Waals surface area contributed by atoms with Crippen LogP contribution in [-0.4, -0.2) is 49.0 Å². The van der Waals surface area contributed by atoms with E-state index in [1.165, 1.54) is 7.11 Å². The highest BCUT2D eigenvalue weighted by Gasteiger charge is 2.21. The summed E-state index contributed by atoms with van der Waals surface area (Å²) in [6, 6.07) is 3.23. The van der Waals surface area contributed by atoms with Gasteiger partial charge in [-0.1, -0.05) is 0 Å². The van der Waals surface area contributed by atoms with E-state index >= 15 is 0 Å². The fourth-order valence-electron chi connectivity index (χ4n) is 1.93. The summed E-state index contributed by atoms with van der Waals surface area (Å²) in [5.41, 5.74) is 6.68. The number of hydroxylamine groups is 3. The van der Waals surface area contributed by atoms with Gasteiger partial charge in [-0.3, -0.25) is 4.79 Å². The molecule has 21 heavy (non-hydrogen) atoms. The highest BCUT2D eigenvalue weighted by Crippen LogP contribution is 2.29. The Labute approximate surface area is 133 Å². The van der Waals surface area contributed by atoms with Crippen molar-refractivity contribution in [1.82, 2.24) is 5.32 Å².